The summed E-state index contributed by atoms with van der Waals surface area (Å²) in [6.45, 7) is 5.05. The van der Waals surface area contributed by atoms with Crippen molar-refractivity contribution in [1.29, 1.82) is 0 Å². The van der Waals surface area contributed by atoms with Gasteiger partial charge in [-0.3, -0.25) is 9.88 Å². The Hall–Kier alpha value is -1.45. The maximum atomic E-state index is 6.02. The van der Waals surface area contributed by atoms with Crippen LogP contribution >= 0.6 is 0 Å². The number of pyridine rings is 1. The molecule has 0 radical (unpaired) electrons. The maximum absolute atomic E-state index is 6.02. The Bertz CT molecular complexity index is 533. The van der Waals surface area contributed by atoms with Crippen LogP contribution in [0.15, 0.2) is 36.5 Å². The Morgan fingerprint density at radius 1 is 1.26 bits per heavy atom. The van der Waals surface area contributed by atoms with E-state index in [4.69, 9.17) is 5.73 Å². The van der Waals surface area contributed by atoms with Crippen molar-refractivity contribution in [3.05, 3.63) is 42.1 Å². The van der Waals surface area contributed by atoms with Gasteiger partial charge in [0.1, 0.15) is 0 Å². The molecule has 19 heavy (non-hydrogen) atoms. The molecule has 2 N–H and O–H groups in total. The molecule has 0 saturated heterocycles. The van der Waals surface area contributed by atoms with Crippen molar-refractivity contribution >= 4 is 10.9 Å². The van der Waals surface area contributed by atoms with Crippen molar-refractivity contribution in [1.82, 2.24) is 9.88 Å². The Kier molecular flexibility index (Phi) is 4.51. The fourth-order valence-corrected chi connectivity index (χ4v) is 2.50. The molecule has 3 nitrogen and oxygen atoms in total. The summed E-state index contributed by atoms with van der Waals surface area (Å²) in [4.78, 5) is 6.89. The van der Waals surface area contributed by atoms with Crippen LogP contribution in [0.25, 0.3) is 10.9 Å². The number of nitrogens with two attached hydrogens (primary N) is 1. The minimum Gasteiger partial charge on any atom is -0.329 e. The van der Waals surface area contributed by atoms with Gasteiger partial charge in [-0.05, 0) is 32.0 Å². The third-order valence-corrected chi connectivity index (χ3v) is 4.02. The van der Waals surface area contributed by atoms with Crippen molar-refractivity contribution in [3.63, 3.8) is 0 Å². The SMILES string of the molecule is CCC(C)N(C)C(CN)c1cccc2cccnc12. The van der Waals surface area contributed by atoms with Crippen LogP contribution in [0.3, 0.4) is 0 Å². The van der Waals surface area contributed by atoms with Crippen LogP contribution in [0.5, 0.6) is 0 Å². The van der Waals surface area contributed by atoms with E-state index in [1.165, 1.54) is 10.9 Å². The van der Waals surface area contributed by atoms with Crippen molar-refractivity contribution in [2.75, 3.05) is 13.6 Å². The molecule has 0 aliphatic heterocycles. The third kappa shape index (κ3) is 2.77. The number of likely N-dealkylation sites (N-methyl/N-ethyl adjacent to an activating group) is 1. The number of hydrogen-bond acceptors (Lipinski definition) is 3. The second kappa shape index (κ2) is 6.13. The van der Waals surface area contributed by atoms with Crippen LogP contribution in [-0.2, 0) is 0 Å². The summed E-state index contributed by atoms with van der Waals surface area (Å²) in [7, 11) is 2.15. The summed E-state index contributed by atoms with van der Waals surface area (Å²) in [5.74, 6) is 0. The van der Waals surface area contributed by atoms with Gasteiger partial charge in [-0.15, -0.1) is 0 Å². The van der Waals surface area contributed by atoms with Gasteiger partial charge < -0.3 is 5.73 Å². The smallest absolute Gasteiger partial charge is 0.0750 e. The highest BCUT2D eigenvalue weighted by molar-refractivity contribution is 5.82. The summed E-state index contributed by atoms with van der Waals surface area (Å²) in [5, 5.41) is 1.18. The van der Waals surface area contributed by atoms with Crippen LogP contribution < -0.4 is 5.73 Å². The molecule has 0 fully saturated rings. The molecular weight excluding hydrogens is 234 g/mol. The average molecular weight is 257 g/mol. The summed E-state index contributed by atoms with van der Waals surface area (Å²) >= 11 is 0. The lowest BCUT2D eigenvalue weighted by atomic mass is 10.00. The fourth-order valence-electron chi connectivity index (χ4n) is 2.50. The highest BCUT2D eigenvalue weighted by Gasteiger charge is 2.21. The van der Waals surface area contributed by atoms with Gasteiger partial charge in [0.2, 0.25) is 0 Å². The second-order valence-corrected chi connectivity index (χ2v) is 5.10. The molecule has 2 aromatic rings. The summed E-state index contributed by atoms with van der Waals surface area (Å²) in [6, 6.07) is 11.1. The molecule has 2 unspecified atom stereocenters. The lowest BCUT2D eigenvalue weighted by molar-refractivity contribution is 0.185. The van der Waals surface area contributed by atoms with E-state index in [-0.39, 0.29) is 6.04 Å². The zero-order valence-electron chi connectivity index (χ0n) is 12.0. The zero-order valence-corrected chi connectivity index (χ0v) is 12.0. The van der Waals surface area contributed by atoms with E-state index in [0.29, 0.717) is 12.6 Å². The topological polar surface area (TPSA) is 42.1 Å². The molecule has 0 spiro atoms. The van der Waals surface area contributed by atoms with Crippen molar-refractivity contribution in [2.24, 2.45) is 5.73 Å². The number of fused-ring (bicyclic) bond motifs is 1. The molecule has 1 aromatic heterocycles. The quantitative estimate of drug-likeness (QED) is 0.895. The van der Waals surface area contributed by atoms with Gasteiger partial charge in [0.15, 0.2) is 0 Å². The molecule has 0 aliphatic carbocycles. The molecule has 1 aromatic carbocycles. The van der Waals surface area contributed by atoms with Gasteiger partial charge in [-0.25, -0.2) is 0 Å². The van der Waals surface area contributed by atoms with Crippen molar-refractivity contribution in [3.8, 4) is 0 Å². The summed E-state index contributed by atoms with van der Waals surface area (Å²) < 4.78 is 0. The van der Waals surface area contributed by atoms with Crippen molar-refractivity contribution < 1.29 is 0 Å². The molecule has 2 atom stereocenters. The third-order valence-electron chi connectivity index (χ3n) is 4.02. The van der Waals surface area contributed by atoms with E-state index >= 15 is 0 Å². The Morgan fingerprint density at radius 2 is 2.00 bits per heavy atom. The fraction of sp³-hybridized carbons (Fsp3) is 0.438. The molecular formula is C16H23N3. The van der Waals surface area contributed by atoms with E-state index in [2.05, 4.69) is 55.0 Å². The van der Waals surface area contributed by atoms with Crippen LogP contribution in [0.1, 0.15) is 31.9 Å². The van der Waals surface area contributed by atoms with E-state index < -0.39 is 0 Å². The minimum absolute atomic E-state index is 0.216. The zero-order chi connectivity index (χ0) is 13.8. The Balaban J connectivity index is 2.46. The molecule has 0 saturated carbocycles. The lowest BCUT2D eigenvalue weighted by Crippen LogP contribution is -2.36. The first-order chi connectivity index (χ1) is 9.19. The van der Waals surface area contributed by atoms with Crippen LogP contribution in [-0.4, -0.2) is 29.5 Å². The largest absolute Gasteiger partial charge is 0.329 e. The monoisotopic (exact) mass is 257 g/mol. The number of nitrogens with zero attached hydrogens (tertiary/aromatic N) is 2. The second-order valence-electron chi connectivity index (χ2n) is 5.10. The standard InChI is InChI=1S/C16H23N3/c1-4-12(2)19(3)15(11-17)14-9-5-7-13-8-6-10-18-16(13)14/h5-10,12,15H,4,11,17H2,1-3H3. The molecule has 1 heterocycles. The lowest BCUT2D eigenvalue weighted by Gasteiger charge is -2.32. The van der Waals surface area contributed by atoms with Gasteiger partial charge in [0, 0.05) is 30.2 Å². The van der Waals surface area contributed by atoms with Gasteiger partial charge in [-0.2, -0.15) is 0 Å². The summed E-state index contributed by atoms with van der Waals surface area (Å²) in [5.41, 5.74) is 8.31. The molecule has 0 bridgehead atoms. The normalized spacial score (nSPS) is 14.8. The van der Waals surface area contributed by atoms with Crippen LogP contribution in [0.4, 0.5) is 0 Å². The first-order valence-electron chi connectivity index (χ1n) is 6.94. The number of aromatic nitrogens is 1. The predicted molar refractivity (Wildman–Crippen MR) is 81.1 cm³/mol. The molecule has 2 rings (SSSR count). The number of benzene rings is 1. The summed E-state index contributed by atoms with van der Waals surface area (Å²) in [6.07, 6.45) is 2.97. The molecule has 0 aliphatic rings. The number of para-hydroxylation sites is 1. The van der Waals surface area contributed by atoms with Crippen LogP contribution in [0.2, 0.25) is 0 Å². The first-order valence-corrected chi connectivity index (χ1v) is 6.94. The van der Waals surface area contributed by atoms with E-state index in [1.54, 1.807) is 0 Å². The average Bonchev–Trinajstić information content (AvgIpc) is 2.47. The Labute approximate surface area is 115 Å². The van der Waals surface area contributed by atoms with Crippen molar-refractivity contribution in [2.45, 2.75) is 32.4 Å². The van der Waals surface area contributed by atoms with E-state index in [0.717, 1.165) is 11.9 Å². The van der Waals surface area contributed by atoms with Gasteiger partial charge in [-0.1, -0.05) is 31.2 Å². The predicted octanol–water partition coefficient (Wildman–Crippen LogP) is 2.96. The highest BCUT2D eigenvalue weighted by atomic mass is 15.2. The number of rotatable bonds is 5. The highest BCUT2D eigenvalue weighted by Crippen LogP contribution is 2.27. The van der Waals surface area contributed by atoms with Gasteiger partial charge in [0.25, 0.3) is 0 Å². The van der Waals surface area contributed by atoms with E-state index in [1.807, 2.05) is 12.3 Å². The van der Waals surface area contributed by atoms with Gasteiger partial charge >= 0.3 is 0 Å². The first kappa shape index (κ1) is 14.0. The van der Waals surface area contributed by atoms with Crippen LogP contribution in [0, 0.1) is 0 Å². The molecule has 3 heteroatoms. The molecule has 102 valence electrons. The van der Waals surface area contributed by atoms with Gasteiger partial charge in [0.05, 0.1) is 5.52 Å². The Morgan fingerprint density at radius 3 is 2.68 bits per heavy atom. The van der Waals surface area contributed by atoms with E-state index in [9.17, 15) is 0 Å². The minimum atomic E-state index is 0.216. The maximum Gasteiger partial charge on any atom is 0.0750 e. The molecule has 0 amide bonds. The number of hydrogen-bond donors (Lipinski definition) is 1.